The van der Waals surface area contributed by atoms with Crippen molar-refractivity contribution in [1.82, 2.24) is 10.4 Å². The molecule has 12 heteroatoms. The monoisotopic (exact) mass is 567 g/mol. The Balaban J connectivity index is 0.00000380. The molecule has 1 aliphatic heterocycles. The number of hydroxylamine groups is 1. The van der Waals surface area contributed by atoms with Crippen LogP contribution < -0.4 is 11.2 Å². The van der Waals surface area contributed by atoms with Crippen molar-refractivity contribution in [1.29, 1.82) is 0 Å². The maximum atomic E-state index is 13.7. The predicted molar refractivity (Wildman–Crippen MR) is 142 cm³/mol. The quantitative estimate of drug-likeness (QED) is 0.309. The summed E-state index contributed by atoms with van der Waals surface area (Å²) in [7, 11) is -3.97. The summed E-state index contributed by atoms with van der Waals surface area (Å²) < 4.78 is 39.1. The topological polar surface area (TPSA) is 130 Å². The third-order valence-corrected chi connectivity index (χ3v) is 10.4. The second kappa shape index (κ2) is 11.7. The molecule has 2 atom stereocenters. The lowest BCUT2D eigenvalue weighted by Gasteiger charge is -2.30. The van der Waals surface area contributed by atoms with Gasteiger partial charge >= 0.3 is 0 Å². The molecule has 1 aromatic heterocycles. The van der Waals surface area contributed by atoms with E-state index in [0.717, 1.165) is 0 Å². The molecule has 2 amide bonds. The number of sulfone groups is 1. The van der Waals surface area contributed by atoms with Crippen LogP contribution in [0.15, 0.2) is 66.7 Å². The summed E-state index contributed by atoms with van der Waals surface area (Å²) in [5, 5.41) is 9.21. The van der Waals surface area contributed by atoms with Gasteiger partial charge in [0, 0.05) is 22.8 Å². The van der Waals surface area contributed by atoms with E-state index in [1.54, 1.807) is 60.1 Å². The van der Waals surface area contributed by atoms with Crippen molar-refractivity contribution in [3.63, 3.8) is 0 Å². The standard InChI is InChI=1S/C25H26FN3O5S2.ClH/c26-19-8-6-17(7-9-19)20-10-11-21(35-20)25(16-22(30)28-32)12-13-29(14-15-36(25,33)34)24(31)23(27)18-4-2-1-3-5-18;/h1-11,23,32H,12-16,27H2,(H,28,30);1H/t23-,25?;/m1./s1. The van der Waals surface area contributed by atoms with Crippen molar-refractivity contribution in [2.24, 2.45) is 5.73 Å². The van der Waals surface area contributed by atoms with Crippen molar-refractivity contribution in [2.75, 3.05) is 18.8 Å². The summed E-state index contributed by atoms with van der Waals surface area (Å²) >= 11 is 1.18. The Labute approximate surface area is 224 Å². The van der Waals surface area contributed by atoms with Gasteiger partial charge in [-0.15, -0.1) is 23.7 Å². The number of hydrogen-bond donors (Lipinski definition) is 3. The highest BCUT2D eigenvalue weighted by molar-refractivity contribution is 7.92. The minimum atomic E-state index is -3.97. The first kappa shape index (κ1) is 28.7. The molecule has 2 heterocycles. The van der Waals surface area contributed by atoms with Gasteiger partial charge in [0.2, 0.25) is 11.8 Å². The molecule has 198 valence electrons. The third kappa shape index (κ3) is 5.86. The van der Waals surface area contributed by atoms with Crippen molar-refractivity contribution in [2.45, 2.75) is 23.6 Å². The van der Waals surface area contributed by atoms with Gasteiger partial charge in [0.05, 0.1) is 12.2 Å². The van der Waals surface area contributed by atoms with Crippen molar-refractivity contribution in [3.05, 3.63) is 83.0 Å². The zero-order chi connectivity index (χ0) is 25.9. The fourth-order valence-corrected chi connectivity index (χ4v) is 8.05. The van der Waals surface area contributed by atoms with E-state index in [9.17, 15) is 27.6 Å². The van der Waals surface area contributed by atoms with Crippen LogP contribution in [0.2, 0.25) is 0 Å². The Morgan fingerprint density at radius 1 is 1.08 bits per heavy atom. The van der Waals surface area contributed by atoms with E-state index in [-0.39, 0.29) is 37.7 Å². The zero-order valence-corrected chi connectivity index (χ0v) is 22.1. The van der Waals surface area contributed by atoms with Crippen LogP contribution >= 0.6 is 23.7 Å². The van der Waals surface area contributed by atoms with Gasteiger partial charge in [-0.2, -0.15) is 0 Å². The highest BCUT2D eigenvalue weighted by Gasteiger charge is 2.50. The Bertz CT molecular complexity index is 1350. The Hall–Kier alpha value is -2.83. The highest BCUT2D eigenvalue weighted by Crippen LogP contribution is 2.45. The highest BCUT2D eigenvalue weighted by atomic mass is 35.5. The molecular formula is C25H27ClFN3O5S2. The third-order valence-electron chi connectivity index (χ3n) is 6.50. The fraction of sp³-hybridized carbons (Fsp3) is 0.280. The van der Waals surface area contributed by atoms with Crippen LogP contribution in [0.5, 0.6) is 0 Å². The number of nitrogens with two attached hydrogens (primary N) is 1. The Morgan fingerprint density at radius 3 is 2.41 bits per heavy atom. The summed E-state index contributed by atoms with van der Waals surface area (Å²) in [6.45, 7) is -0.0124. The molecule has 4 rings (SSSR count). The minimum absolute atomic E-state index is 0. The van der Waals surface area contributed by atoms with Gasteiger partial charge in [0.1, 0.15) is 16.6 Å². The van der Waals surface area contributed by atoms with Gasteiger partial charge in [0.15, 0.2) is 9.84 Å². The van der Waals surface area contributed by atoms with E-state index in [1.165, 1.54) is 28.4 Å². The molecule has 0 spiro atoms. The van der Waals surface area contributed by atoms with E-state index < -0.39 is 44.7 Å². The fourth-order valence-electron chi connectivity index (χ4n) is 4.44. The molecule has 0 bridgehead atoms. The molecule has 0 saturated carbocycles. The first-order valence-electron chi connectivity index (χ1n) is 11.3. The van der Waals surface area contributed by atoms with E-state index in [0.29, 0.717) is 20.9 Å². The average molecular weight is 568 g/mol. The van der Waals surface area contributed by atoms with Crippen molar-refractivity contribution < 1.29 is 27.6 Å². The van der Waals surface area contributed by atoms with Crippen LogP contribution in [0.1, 0.15) is 29.3 Å². The SMILES string of the molecule is Cl.N[C@@H](C(=O)N1CCC(CC(=O)NO)(c2ccc(-c3ccc(F)cc3)s2)S(=O)(=O)CC1)c1ccccc1. The summed E-state index contributed by atoms with van der Waals surface area (Å²) in [6, 6.07) is 17.0. The number of nitrogens with one attached hydrogen (secondary N) is 1. The summed E-state index contributed by atoms with van der Waals surface area (Å²) in [4.78, 5) is 28.0. The van der Waals surface area contributed by atoms with Gasteiger partial charge in [-0.3, -0.25) is 14.8 Å². The molecular weight excluding hydrogens is 541 g/mol. The van der Waals surface area contributed by atoms with Crippen LogP contribution in [0.25, 0.3) is 10.4 Å². The van der Waals surface area contributed by atoms with Crippen LogP contribution in [-0.4, -0.2) is 49.2 Å². The zero-order valence-electron chi connectivity index (χ0n) is 19.7. The van der Waals surface area contributed by atoms with E-state index in [1.807, 2.05) is 0 Å². The smallest absolute Gasteiger partial charge is 0.245 e. The van der Waals surface area contributed by atoms with E-state index >= 15 is 0 Å². The Morgan fingerprint density at radius 2 is 1.76 bits per heavy atom. The maximum absolute atomic E-state index is 13.7. The molecule has 1 aliphatic rings. The lowest BCUT2D eigenvalue weighted by Crippen LogP contribution is -2.41. The molecule has 1 saturated heterocycles. The summed E-state index contributed by atoms with van der Waals surface area (Å²) in [6.07, 6.45) is -0.568. The molecule has 4 N–H and O–H groups in total. The van der Waals surface area contributed by atoms with Crippen LogP contribution in [0.4, 0.5) is 4.39 Å². The van der Waals surface area contributed by atoms with E-state index in [4.69, 9.17) is 5.73 Å². The lowest BCUT2D eigenvalue weighted by molar-refractivity contribution is -0.132. The summed E-state index contributed by atoms with van der Waals surface area (Å²) in [5.41, 5.74) is 9.04. The molecule has 3 aromatic rings. The number of carbonyl (C=O) groups excluding carboxylic acids is 2. The molecule has 8 nitrogen and oxygen atoms in total. The van der Waals surface area contributed by atoms with E-state index in [2.05, 4.69) is 0 Å². The second-order valence-corrected chi connectivity index (χ2v) is 12.2. The number of rotatable bonds is 6. The number of amides is 2. The second-order valence-electron chi connectivity index (χ2n) is 8.66. The molecule has 2 aromatic carbocycles. The largest absolute Gasteiger partial charge is 0.340 e. The van der Waals surface area contributed by atoms with Gasteiger partial charge < -0.3 is 10.6 Å². The van der Waals surface area contributed by atoms with Crippen LogP contribution in [0.3, 0.4) is 0 Å². The average Bonchev–Trinajstić information content (AvgIpc) is 3.33. The van der Waals surface area contributed by atoms with Crippen LogP contribution in [-0.2, 0) is 24.2 Å². The number of carbonyl (C=O) groups is 2. The minimum Gasteiger partial charge on any atom is -0.340 e. The molecule has 37 heavy (non-hydrogen) atoms. The van der Waals surface area contributed by atoms with Crippen molar-refractivity contribution in [3.8, 4) is 10.4 Å². The lowest BCUT2D eigenvalue weighted by atomic mass is 9.96. The predicted octanol–water partition coefficient (Wildman–Crippen LogP) is 3.41. The maximum Gasteiger partial charge on any atom is 0.245 e. The number of thiophene rings is 1. The van der Waals surface area contributed by atoms with Gasteiger partial charge in [-0.05, 0) is 41.8 Å². The van der Waals surface area contributed by atoms with Crippen molar-refractivity contribution >= 4 is 45.4 Å². The van der Waals surface area contributed by atoms with Crippen LogP contribution in [0, 0.1) is 5.82 Å². The number of benzene rings is 2. The van der Waals surface area contributed by atoms with Gasteiger partial charge in [-0.1, -0.05) is 42.5 Å². The first-order chi connectivity index (χ1) is 17.2. The first-order valence-corrected chi connectivity index (χ1v) is 13.7. The summed E-state index contributed by atoms with van der Waals surface area (Å²) in [5.74, 6) is -2.02. The Kier molecular flexibility index (Phi) is 9.09. The number of hydrogen-bond acceptors (Lipinski definition) is 7. The normalized spacial score (nSPS) is 19.8. The molecule has 0 aliphatic carbocycles. The number of nitrogens with zero attached hydrogens (tertiary/aromatic N) is 1. The molecule has 1 fully saturated rings. The van der Waals surface area contributed by atoms with Gasteiger partial charge in [-0.25, -0.2) is 18.3 Å². The molecule has 0 radical (unpaired) electrons. The number of halogens is 2. The molecule has 1 unspecified atom stereocenters. The van der Waals surface area contributed by atoms with Gasteiger partial charge in [0.25, 0.3) is 0 Å².